The monoisotopic (exact) mass is 538 g/mol. The van der Waals surface area contributed by atoms with Crippen molar-refractivity contribution in [1.82, 2.24) is 4.90 Å². The van der Waals surface area contributed by atoms with Gasteiger partial charge in [-0.15, -0.1) is 0 Å². The first-order valence-electron chi connectivity index (χ1n) is 11.6. The predicted octanol–water partition coefficient (Wildman–Crippen LogP) is 7.40. The second kappa shape index (κ2) is 10.3. The van der Waals surface area contributed by atoms with Crippen LogP contribution in [0.1, 0.15) is 27.2 Å². The van der Waals surface area contributed by atoms with Crippen molar-refractivity contribution >= 4 is 43.6 Å². The molecule has 5 aromatic rings. The molecule has 0 aliphatic carbocycles. The lowest BCUT2D eigenvalue weighted by Gasteiger charge is -2.24. The molecule has 0 bridgehead atoms. The van der Waals surface area contributed by atoms with E-state index in [1.165, 1.54) is 0 Å². The molecular formula is C30H23BrN2O3. The molecule has 36 heavy (non-hydrogen) atoms. The van der Waals surface area contributed by atoms with Gasteiger partial charge in [0.1, 0.15) is 23.2 Å². The molecule has 0 saturated carbocycles. The largest absolute Gasteiger partial charge is 0.478 e. The lowest BCUT2D eigenvalue weighted by Crippen LogP contribution is -2.30. The second-order valence-corrected chi connectivity index (χ2v) is 9.31. The van der Waals surface area contributed by atoms with Crippen LogP contribution in [0, 0.1) is 18.3 Å². The minimum atomic E-state index is -0.0775. The quantitative estimate of drug-likeness (QED) is 0.216. The van der Waals surface area contributed by atoms with Crippen molar-refractivity contribution in [3.8, 4) is 11.8 Å². The van der Waals surface area contributed by atoms with Gasteiger partial charge in [0.25, 0.3) is 5.91 Å². The third kappa shape index (κ3) is 4.58. The van der Waals surface area contributed by atoms with Gasteiger partial charge in [0, 0.05) is 18.5 Å². The van der Waals surface area contributed by atoms with Crippen LogP contribution in [0.25, 0.3) is 21.7 Å². The molecular weight excluding hydrogens is 516 g/mol. The fraction of sp³-hybridized carbons (Fsp3) is 0.133. The first-order valence-corrected chi connectivity index (χ1v) is 12.4. The molecule has 0 radical (unpaired) electrons. The number of rotatable bonds is 7. The number of fused-ring (bicyclic) bond motifs is 2. The normalized spacial score (nSPS) is 10.9. The second-order valence-electron chi connectivity index (χ2n) is 8.51. The maximum atomic E-state index is 14.0. The van der Waals surface area contributed by atoms with Crippen LogP contribution < -0.4 is 4.74 Å². The maximum absolute atomic E-state index is 14.0. The first-order chi connectivity index (χ1) is 17.6. The van der Waals surface area contributed by atoms with E-state index in [4.69, 9.17) is 14.4 Å². The van der Waals surface area contributed by atoms with E-state index in [2.05, 4.69) is 15.9 Å². The van der Waals surface area contributed by atoms with E-state index < -0.39 is 0 Å². The van der Waals surface area contributed by atoms with Gasteiger partial charge in [-0.3, -0.25) is 4.79 Å². The molecule has 5 nitrogen and oxygen atoms in total. The molecule has 0 saturated heterocycles. The maximum Gasteiger partial charge on any atom is 0.258 e. The number of benzene rings is 4. The van der Waals surface area contributed by atoms with E-state index in [9.17, 15) is 4.79 Å². The Balaban J connectivity index is 1.56. The van der Waals surface area contributed by atoms with Gasteiger partial charge in [0.15, 0.2) is 6.61 Å². The Bertz CT molecular complexity index is 1600. The number of carbonyl (C=O) groups is 1. The molecule has 1 aromatic heterocycles. The third-order valence-electron chi connectivity index (χ3n) is 6.19. The number of para-hydroxylation sites is 1. The zero-order chi connectivity index (χ0) is 25.1. The summed E-state index contributed by atoms with van der Waals surface area (Å²) >= 11 is 3.64. The first kappa shape index (κ1) is 23.7. The highest BCUT2D eigenvalue weighted by Crippen LogP contribution is 2.35. The lowest BCUT2D eigenvalue weighted by molar-refractivity contribution is 0.0730. The number of nitriles is 1. The van der Waals surface area contributed by atoms with Crippen molar-refractivity contribution in [3.05, 3.63) is 112 Å². The minimum absolute atomic E-state index is 0.0266. The highest BCUT2D eigenvalue weighted by atomic mass is 79.9. The molecule has 0 unspecified atom stereocenters. The number of carbonyl (C=O) groups excluding carboxylic acids is 1. The van der Waals surface area contributed by atoms with Crippen LogP contribution in [0.15, 0.2) is 93.8 Å². The lowest BCUT2D eigenvalue weighted by atomic mass is 10.0. The summed E-state index contributed by atoms with van der Waals surface area (Å²) < 4.78 is 12.3. The molecule has 5 rings (SSSR count). The molecule has 0 N–H and O–H groups in total. The highest BCUT2D eigenvalue weighted by Gasteiger charge is 2.24. The van der Waals surface area contributed by atoms with Crippen molar-refractivity contribution in [1.29, 1.82) is 5.26 Å². The smallest absolute Gasteiger partial charge is 0.258 e. The number of ether oxygens (including phenoxy) is 1. The average molecular weight is 539 g/mol. The van der Waals surface area contributed by atoms with Crippen molar-refractivity contribution < 1.29 is 13.9 Å². The predicted molar refractivity (Wildman–Crippen MR) is 144 cm³/mol. The van der Waals surface area contributed by atoms with Crippen LogP contribution >= 0.6 is 15.9 Å². The average Bonchev–Trinajstić information content (AvgIpc) is 3.24. The van der Waals surface area contributed by atoms with E-state index >= 15 is 0 Å². The van der Waals surface area contributed by atoms with E-state index in [0.29, 0.717) is 35.7 Å². The Hall–Kier alpha value is -4.08. The molecule has 4 aromatic carbocycles. The summed E-state index contributed by atoms with van der Waals surface area (Å²) in [5, 5.41) is 11.7. The van der Waals surface area contributed by atoms with Crippen molar-refractivity contribution in [2.75, 3.05) is 6.61 Å². The number of furan rings is 1. The van der Waals surface area contributed by atoms with Gasteiger partial charge in [0.2, 0.25) is 0 Å². The number of aryl methyl sites for hydroxylation is 1. The molecule has 1 amide bonds. The Kier molecular flexibility index (Phi) is 6.75. The van der Waals surface area contributed by atoms with Gasteiger partial charge in [-0.25, -0.2) is 0 Å². The summed E-state index contributed by atoms with van der Waals surface area (Å²) in [7, 11) is 0. The molecule has 1 heterocycles. The Morgan fingerprint density at radius 3 is 2.47 bits per heavy atom. The Labute approximate surface area is 217 Å². The Morgan fingerprint density at radius 1 is 0.917 bits per heavy atom. The van der Waals surface area contributed by atoms with Crippen LogP contribution in [-0.2, 0) is 13.1 Å². The fourth-order valence-electron chi connectivity index (χ4n) is 4.53. The van der Waals surface area contributed by atoms with Crippen LogP contribution in [0.5, 0.6) is 5.75 Å². The molecule has 0 atom stereocenters. The van der Waals surface area contributed by atoms with Crippen molar-refractivity contribution in [2.45, 2.75) is 20.0 Å². The van der Waals surface area contributed by atoms with Gasteiger partial charge >= 0.3 is 0 Å². The van der Waals surface area contributed by atoms with Crippen LogP contribution in [0.4, 0.5) is 0 Å². The summed E-state index contributed by atoms with van der Waals surface area (Å²) in [6, 6.07) is 29.5. The van der Waals surface area contributed by atoms with E-state index in [1.807, 2.05) is 103 Å². The standard InChI is InChI=1S/C30H23BrN2O3/c1-20-28(25-11-5-6-13-26(25)36-20)30(34)33(18-21-8-3-2-4-9-21)19-22-10-7-12-24-23(22)14-15-27(29(24)31)35-17-16-32/h2-15H,17-19H2,1H3. The minimum Gasteiger partial charge on any atom is -0.478 e. The topological polar surface area (TPSA) is 66.5 Å². The molecule has 6 heteroatoms. The number of halogens is 1. The summed E-state index contributed by atoms with van der Waals surface area (Å²) in [4.78, 5) is 15.9. The van der Waals surface area contributed by atoms with Crippen LogP contribution in [0.2, 0.25) is 0 Å². The summed E-state index contributed by atoms with van der Waals surface area (Å²) in [5.74, 6) is 1.14. The summed E-state index contributed by atoms with van der Waals surface area (Å²) in [5.41, 5.74) is 3.35. The van der Waals surface area contributed by atoms with Crippen molar-refractivity contribution in [3.63, 3.8) is 0 Å². The molecule has 0 fully saturated rings. The Morgan fingerprint density at radius 2 is 1.67 bits per heavy atom. The highest BCUT2D eigenvalue weighted by molar-refractivity contribution is 9.10. The number of amides is 1. The van der Waals surface area contributed by atoms with Gasteiger partial charge in [0.05, 0.1) is 10.0 Å². The summed E-state index contributed by atoms with van der Waals surface area (Å²) in [6.07, 6.45) is 0. The van der Waals surface area contributed by atoms with E-state index in [0.717, 1.165) is 31.8 Å². The number of nitrogens with zero attached hydrogens (tertiary/aromatic N) is 2. The fourth-order valence-corrected chi connectivity index (χ4v) is 5.12. The summed E-state index contributed by atoms with van der Waals surface area (Å²) in [6.45, 7) is 2.68. The van der Waals surface area contributed by atoms with Crippen LogP contribution in [0.3, 0.4) is 0 Å². The molecule has 0 spiro atoms. The van der Waals surface area contributed by atoms with E-state index in [-0.39, 0.29) is 12.5 Å². The number of hydrogen-bond donors (Lipinski definition) is 0. The van der Waals surface area contributed by atoms with Gasteiger partial charge in [-0.05, 0) is 56.9 Å². The van der Waals surface area contributed by atoms with Crippen molar-refractivity contribution in [2.24, 2.45) is 0 Å². The molecule has 0 aliphatic heterocycles. The van der Waals surface area contributed by atoms with Crippen LogP contribution in [-0.4, -0.2) is 17.4 Å². The zero-order valence-electron chi connectivity index (χ0n) is 19.7. The van der Waals surface area contributed by atoms with Gasteiger partial charge in [-0.2, -0.15) is 5.26 Å². The zero-order valence-corrected chi connectivity index (χ0v) is 21.3. The van der Waals surface area contributed by atoms with E-state index in [1.54, 1.807) is 0 Å². The number of hydrogen-bond acceptors (Lipinski definition) is 4. The van der Waals surface area contributed by atoms with Gasteiger partial charge < -0.3 is 14.1 Å². The van der Waals surface area contributed by atoms with Gasteiger partial charge in [-0.1, -0.05) is 72.8 Å². The molecule has 178 valence electrons. The third-order valence-corrected chi connectivity index (χ3v) is 7.01. The molecule has 0 aliphatic rings. The SMILES string of the molecule is Cc1oc2ccccc2c1C(=O)N(Cc1ccccc1)Cc1cccc2c(Br)c(OCC#N)ccc12.